The number of carbonyl (C=O) groups excluding carboxylic acids is 1. The molecule has 0 spiro atoms. The van der Waals surface area contributed by atoms with Crippen LogP contribution in [0.25, 0.3) is 0 Å². The zero-order valence-corrected chi connectivity index (χ0v) is 10.6. The molecule has 1 saturated heterocycles. The first-order valence-electron chi connectivity index (χ1n) is 6.34. The van der Waals surface area contributed by atoms with Gasteiger partial charge in [-0.1, -0.05) is 24.3 Å². The number of likely N-dealkylation sites (tertiary alicyclic amines) is 1. The van der Waals surface area contributed by atoms with Gasteiger partial charge in [-0.25, -0.2) is 4.79 Å². The molecule has 0 radical (unpaired) electrons. The monoisotopic (exact) mass is 249 g/mol. The summed E-state index contributed by atoms with van der Waals surface area (Å²) in [4.78, 5) is 13.7. The van der Waals surface area contributed by atoms with Crippen molar-refractivity contribution in [2.75, 3.05) is 19.8 Å². The fourth-order valence-corrected chi connectivity index (χ4v) is 2.49. The van der Waals surface area contributed by atoms with Crippen molar-refractivity contribution in [3.63, 3.8) is 0 Å². The number of aliphatic hydroxyl groups is 1. The number of hydrogen-bond donors (Lipinski definition) is 1. The molecule has 0 bridgehead atoms. The summed E-state index contributed by atoms with van der Waals surface area (Å²) < 4.78 is 5.00. The molecule has 4 heteroatoms. The van der Waals surface area contributed by atoms with Crippen molar-refractivity contribution in [1.29, 1.82) is 0 Å². The van der Waals surface area contributed by atoms with E-state index in [0.717, 1.165) is 19.4 Å². The quantitative estimate of drug-likeness (QED) is 0.894. The highest BCUT2D eigenvalue weighted by molar-refractivity contribution is 5.69. The topological polar surface area (TPSA) is 49.8 Å². The Morgan fingerprint density at radius 1 is 1.50 bits per heavy atom. The Bertz CT molecular complexity index is 419. The van der Waals surface area contributed by atoms with Gasteiger partial charge in [0.15, 0.2) is 0 Å². The Kier molecular flexibility index (Phi) is 4.20. The van der Waals surface area contributed by atoms with Gasteiger partial charge in [0, 0.05) is 6.54 Å². The lowest BCUT2D eigenvalue weighted by molar-refractivity contribution is 0.0806. The van der Waals surface area contributed by atoms with E-state index in [4.69, 9.17) is 9.84 Å². The van der Waals surface area contributed by atoms with Crippen LogP contribution in [0.3, 0.4) is 0 Å². The van der Waals surface area contributed by atoms with E-state index in [0.29, 0.717) is 0 Å². The lowest BCUT2D eigenvalue weighted by atomic mass is 10.00. The third-order valence-corrected chi connectivity index (χ3v) is 3.35. The van der Waals surface area contributed by atoms with Crippen molar-refractivity contribution in [3.8, 4) is 0 Å². The number of benzene rings is 1. The van der Waals surface area contributed by atoms with Crippen LogP contribution in [0.5, 0.6) is 0 Å². The first-order valence-corrected chi connectivity index (χ1v) is 6.34. The molecule has 1 aromatic carbocycles. The van der Waals surface area contributed by atoms with E-state index >= 15 is 0 Å². The molecule has 2 rings (SSSR count). The number of nitrogens with zero attached hydrogens (tertiary/aromatic N) is 1. The third-order valence-electron chi connectivity index (χ3n) is 3.35. The zero-order valence-electron chi connectivity index (χ0n) is 10.6. The molecule has 1 aromatic rings. The van der Waals surface area contributed by atoms with Crippen molar-refractivity contribution >= 4 is 6.09 Å². The van der Waals surface area contributed by atoms with E-state index < -0.39 is 0 Å². The molecule has 98 valence electrons. The van der Waals surface area contributed by atoms with Gasteiger partial charge in [0.1, 0.15) is 6.61 Å². The highest BCUT2D eigenvalue weighted by atomic mass is 16.6. The predicted octanol–water partition coefficient (Wildman–Crippen LogP) is 2.26. The SMILES string of the molecule is Cc1ccccc1C1CCCN1C(=O)OCCO. The molecule has 1 fully saturated rings. The average molecular weight is 249 g/mol. The van der Waals surface area contributed by atoms with Crippen molar-refractivity contribution in [2.24, 2.45) is 0 Å². The Morgan fingerprint density at radius 3 is 3.00 bits per heavy atom. The molecular weight excluding hydrogens is 230 g/mol. The van der Waals surface area contributed by atoms with Crippen molar-refractivity contribution in [3.05, 3.63) is 35.4 Å². The van der Waals surface area contributed by atoms with E-state index in [2.05, 4.69) is 19.1 Å². The van der Waals surface area contributed by atoms with Crippen LogP contribution < -0.4 is 0 Å². The van der Waals surface area contributed by atoms with Gasteiger partial charge >= 0.3 is 6.09 Å². The van der Waals surface area contributed by atoms with Crippen molar-refractivity contribution in [2.45, 2.75) is 25.8 Å². The summed E-state index contributed by atoms with van der Waals surface area (Å²) in [5.41, 5.74) is 2.39. The van der Waals surface area contributed by atoms with Crippen molar-refractivity contribution in [1.82, 2.24) is 4.90 Å². The highest BCUT2D eigenvalue weighted by Gasteiger charge is 2.31. The molecule has 1 aliphatic rings. The van der Waals surface area contributed by atoms with E-state index in [1.807, 2.05) is 12.1 Å². The summed E-state index contributed by atoms with van der Waals surface area (Å²) >= 11 is 0. The van der Waals surface area contributed by atoms with Crippen LogP contribution in [0.15, 0.2) is 24.3 Å². The fourth-order valence-electron chi connectivity index (χ4n) is 2.49. The summed E-state index contributed by atoms with van der Waals surface area (Å²) in [7, 11) is 0. The van der Waals surface area contributed by atoms with Crippen LogP contribution in [-0.4, -0.2) is 35.9 Å². The van der Waals surface area contributed by atoms with Crippen LogP contribution >= 0.6 is 0 Å². The van der Waals surface area contributed by atoms with Crippen LogP contribution in [0, 0.1) is 6.92 Å². The molecule has 0 saturated carbocycles. The third kappa shape index (κ3) is 2.64. The first-order chi connectivity index (χ1) is 8.74. The number of rotatable bonds is 3. The minimum atomic E-state index is -0.324. The molecule has 1 amide bonds. The van der Waals surface area contributed by atoms with Crippen LogP contribution in [0.4, 0.5) is 4.79 Å². The molecular formula is C14H19NO3. The molecule has 18 heavy (non-hydrogen) atoms. The molecule has 1 unspecified atom stereocenters. The maximum atomic E-state index is 11.9. The van der Waals surface area contributed by atoms with Gasteiger partial charge in [-0.2, -0.15) is 0 Å². The van der Waals surface area contributed by atoms with Crippen molar-refractivity contribution < 1.29 is 14.6 Å². The molecule has 1 heterocycles. The van der Waals surface area contributed by atoms with Crippen LogP contribution in [-0.2, 0) is 4.74 Å². The minimum absolute atomic E-state index is 0.0653. The summed E-state index contributed by atoms with van der Waals surface area (Å²) in [6, 6.07) is 8.24. The van der Waals surface area contributed by atoms with E-state index in [1.54, 1.807) is 4.90 Å². The maximum Gasteiger partial charge on any atom is 0.410 e. The fraction of sp³-hybridized carbons (Fsp3) is 0.500. The summed E-state index contributed by atoms with van der Waals surface area (Å²) in [6.07, 6.45) is 1.64. The number of aryl methyl sites for hydroxylation is 1. The number of amides is 1. The zero-order chi connectivity index (χ0) is 13.0. The summed E-state index contributed by atoms with van der Waals surface area (Å²) in [6.45, 7) is 2.72. The Morgan fingerprint density at radius 2 is 2.28 bits per heavy atom. The maximum absolute atomic E-state index is 11.9. The second-order valence-electron chi connectivity index (χ2n) is 4.55. The lowest BCUT2D eigenvalue weighted by Crippen LogP contribution is -2.32. The van der Waals surface area contributed by atoms with Crippen LogP contribution in [0.2, 0.25) is 0 Å². The summed E-state index contributed by atoms with van der Waals surface area (Å²) in [5.74, 6) is 0. The standard InChI is InChI=1S/C14H19NO3/c1-11-5-2-3-6-12(11)13-7-4-8-15(13)14(17)18-10-9-16/h2-3,5-6,13,16H,4,7-10H2,1H3. The van der Waals surface area contributed by atoms with Gasteiger partial charge in [-0.15, -0.1) is 0 Å². The Balaban J connectivity index is 2.12. The smallest absolute Gasteiger partial charge is 0.410 e. The molecule has 0 aliphatic carbocycles. The molecule has 1 aliphatic heterocycles. The van der Waals surface area contributed by atoms with Crippen LogP contribution in [0.1, 0.15) is 30.0 Å². The van der Waals surface area contributed by atoms with E-state index in [-0.39, 0.29) is 25.3 Å². The Labute approximate surface area is 107 Å². The van der Waals surface area contributed by atoms with Gasteiger partial charge in [-0.3, -0.25) is 0 Å². The Hall–Kier alpha value is -1.55. The largest absolute Gasteiger partial charge is 0.447 e. The van der Waals surface area contributed by atoms with Gasteiger partial charge in [-0.05, 0) is 30.9 Å². The van der Waals surface area contributed by atoms with Gasteiger partial charge < -0.3 is 14.7 Å². The number of carbonyl (C=O) groups is 1. The number of ether oxygens (including phenoxy) is 1. The number of hydrogen-bond acceptors (Lipinski definition) is 3. The van der Waals surface area contributed by atoms with Gasteiger partial charge in [0.2, 0.25) is 0 Å². The average Bonchev–Trinajstić information content (AvgIpc) is 2.85. The molecule has 1 atom stereocenters. The molecule has 0 aromatic heterocycles. The van der Waals surface area contributed by atoms with Gasteiger partial charge in [0.05, 0.1) is 12.6 Å². The number of aliphatic hydroxyl groups excluding tert-OH is 1. The second kappa shape index (κ2) is 5.87. The highest BCUT2D eigenvalue weighted by Crippen LogP contribution is 2.33. The molecule has 1 N–H and O–H groups in total. The second-order valence-corrected chi connectivity index (χ2v) is 4.55. The predicted molar refractivity (Wildman–Crippen MR) is 68.3 cm³/mol. The normalized spacial score (nSPS) is 19.0. The summed E-state index contributed by atoms with van der Waals surface area (Å²) in [5, 5.41) is 8.69. The van der Waals surface area contributed by atoms with Gasteiger partial charge in [0.25, 0.3) is 0 Å². The van der Waals surface area contributed by atoms with E-state index in [9.17, 15) is 4.79 Å². The first kappa shape index (κ1) is 12.9. The lowest BCUT2D eigenvalue weighted by Gasteiger charge is -2.25. The molecule has 4 nitrogen and oxygen atoms in total. The van der Waals surface area contributed by atoms with E-state index in [1.165, 1.54) is 11.1 Å². The minimum Gasteiger partial charge on any atom is -0.447 e.